The Morgan fingerprint density at radius 1 is 1.00 bits per heavy atom. The summed E-state index contributed by atoms with van der Waals surface area (Å²) in [5, 5.41) is 2.78. The van der Waals surface area contributed by atoms with E-state index in [1.54, 1.807) is 24.3 Å². The van der Waals surface area contributed by atoms with Crippen LogP contribution in [0, 0.1) is 0 Å². The Morgan fingerprint density at radius 3 is 2.22 bits per heavy atom. The average molecular weight is 391 g/mol. The molecule has 2 aromatic carbocycles. The highest BCUT2D eigenvalue weighted by atomic mass is 32.2. The van der Waals surface area contributed by atoms with E-state index in [4.69, 9.17) is 4.74 Å². The first-order chi connectivity index (χ1) is 12.9. The molecule has 0 unspecified atom stereocenters. The number of nitrogens with one attached hydrogen (secondary N) is 1. The zero-order valence-corrected chi connectivity index (χ0v) is 16.5. The number of ether oxygens (including phenoxy) is 1. The average Bonchev–Trinajstić information content (AvgIpc) is 2.63. The fourth-order valence-electron chi connectivity index (χ4n) is 2.46. The van der Waals surface area contributed by atoms with Gasteiger partial charge in [0.1, 0.15) is 11.5 Å². The molecule has 0 aliphatic carbocycles. The molecule has 7 heteroatoms. The highest BCUT2D eigenvalue weighted by Gasteiger charge is 2.17. The molecule has 0 bridgehead atoms. The second-order valence-electron chi connectivity index (χ2n) is 6.25. The third-order valence-electron chi connectivity index (χ3n) is 3.94. The van der Waals surface area contributed by atoms with Crippen LogP contribution in [-0.4, -0.2) is 38.0 Å². The molecule has 1 amide bonds. The van der Waals surface area contributed by atoms with Crippen LogP contribution in [0.5, 0.6) is 11.5 Å². The van der Waals surface area contributed by atoms with Crippen LogP contribution in [0.2, 0.25) is 0 Å². The summed E-state index contributed by atoms with van der Waals surface area (Å²) in [4.78, 5) is 12.1. The molecule has 0 aliphatic heterocycles. The first-order valence-corrected chi connectivity index (χ1v) is 10.8. The van der Waals surface area contributed by atoms with Crippen molar-refractivity contribution in [2.45, 2.75) is 26.2 Å². The van der Waals surface area contributed by atoms with Crippen molar-refractivity contribution < 1.29 is 17.9 Å². The SMILES string of the molecule is CCCCN(CCC(=O)Nc1ccc(Oc2ccccc2)cc1)S(C)(=O)=O. The van der Waals surface area contributed by atoms with Gasteiger partial charge in [0, 0.05) is 25.2 Å². The molecule has 6 nitrogen and oxygen atoms in total. The summed E-state index contributed by atoms with van der Waals surface area (Å²) in [5.74, 6) is 1.18. The number of rotatable bonds is 10. The molecule has 2 aromatic rings. The lowest BCUT2D eigenvalue weighted by Crippen LogP contribution is -2.33. The molecule has 2 rings (SSSR count). The first-order valence-electron chi connectivity index (χ1n) is 8.96. The van der Waals surface area contributed by atoms with E-state index in [1.807, 2.05) is 37.3 Å². The fraction of sp³-hybridized carbons (Fsp3) is 0.350. The third kappa shape index (κ3) is 7.40. The number of amides is 1. The summed E-state index contributed by atoms with van der Waals surface area (Å²) >= 11 is 0. The first kappa shape index (κ1) is 20.9. The van der Waals surface area contributed by atoms with Gasteiger partial charge in [0.05, 0.1) is 6.26 Å². The number of hydrogen-bond acceptors (Lipinski definition) is 4. The maximum Gasteiger partial charge on any atom is 0.225 e. The molecule has 0 fully saturated rings. The van der Waals surface area contributed by atoms with E-state index in [9.17, 15) is 13.2 Å². The van der Waals surface area contributed by atoms with E-state index < -0.39 is 10.0 Å². The minimum Gasteiger partial charge on any atom is -0.457 e. The van der Waals surface area contributed by atoms with E-state index in [-0.39, 0.29) is 18.9 Å². The number of anilines is 1. The number of carbonyl (C=O) groups excluding carboxylic acids is 1. The van der Waals surface area contributed by atoms with Gasteiger partial charge < -0.3 is 10.1 Å². The summed E-state index contributed by atoms with van der Waals surface area (Å²) in [5.41, 5.74) is 0.639. The largest absolute Gasteiger partial charge is 0.457 e. The molecule has 0 radical (unpaired) electrons. The van der Waals surface area contributed by atoms with E-state index in [0.29, 0.717) is 18.0 Å². The van der Waals surface area contributed by atoms with Gasteiger partial charge in [0.15, 0.2) is 0 Å². The molecule has 146 valence electrons. The summed E-state index contributed by atoms with van der Waals surface area (Å²) in [7, 11) is -3.30. The summed E-state index contributed by atoms with van der Waals surface area (Å²) < 4.78 is 30.6. The van der Waals surface area contributed by atoms with Crippen LogP contribution in [0.3, 0.4) is 0 Å². The molecule has 0 aliphatic rings. The molecule has 0 saturated heterocycles. The molecule has 1 N–H and O–H groups in total. The number of carbonyl (C=O) groups is 1. The minimum atomic E-state index is -3.30. The zero-order valence-electron chi connectivity index (χ0n) is 15.7. The summed E-state index contributed by atoms with van der Waals surface area (Å²) in [6.45, 7) is 2.62. The Labute approximate surface area is 161 Å². The number of nitrogens with zero attached hydrogens (tertiary/aromatic N) is 1. The lowest BCUT2D eigenvalue weighted by Gasteiger charge is -2.19. The van der Waals surface area contributed by atoms with Crippen LogP contribution in [0.15, 0.2) is 54.6 Å². The number of benzene rings is 2. The topological polar surface area (TPSA) is 75.7 Å². The van der Waals surface area contributed by atoms with Gasteiger partial charge in [-0.15, -0.1) is 0 Å². The van der Waals surface area contributed by atoms with Crippen molar-refractivity contribution in [1.82, 2.24) is 4.31 Å². The van der Waals surface area contributed by atoms with Crippen molar-refractivity contribution in [3.05, 3.63) is 54.6 Å². The van der Waals surface area contributed by atoms with Gasteiger partial charge in [-0.2, -0.15) is 0 Å². The highest BCUT2D eigenvalue weighted by Crippen LogP contribution is 2.22. The van der Waals surface area contributed by atoms with Crippen molar-refractivity contribution in [2.24, 2.45) is 0 Å². The van der Waals surface area contributed by atoms with Gasteiger partial charge in [0.25, 0.3) is 0 Å². The summed E-state index contributed by atoms with van der Waals surface area (Å²) in [6, 6.07) is 16.5. The van der Waals surface area contributed by atoms with E-state index in [0.717, 1.165) is 18.6 Å². The molecule has 0 saturated carbocycles. The van der Waals surface area contributed by atoms with Crippen LogP contribution < -0.4 is 10.1 Å². The molecule has 0 spiro atoms. The Kier molecular flexibility index (Phi) is 7.82. The zero-order chi connectivity index (χ0) is 19.7. The van der Waals surface area contributed by atoms with Crippen molar-refractivity contribution in [1.29, 1.82) is 0 Å². The standard InChI is InChI=1S/C20H26N2O4S/c1-3-4-15-22(27(2,24)25)16-14-20(23)21-17-10-12-19(13-11-17)26-18-8-6-5-7-9-18/h5-13H,3-4,14-16H2,1-2H3,(H,21,23). The van der Waals surface area contributed by atoms with E-state index in [2.05, 4.69) is 5.32 Å². The van der Waals surface area contributed by atoms with Crippen molar-refractivity contribution >= 4 is 21.6 Å². The van der Waals surface area contributed by atoms with Crippen molar-refractivity contribution in [3.63, 3.8) is 0 Å². The molecule has 0 aromatic heterocycles. The Bertz CT molecular complexity index is 821. The maximum atomic E-state index is 12.1. The monoisotopic (exact) mass is 390 g/mol. The van der Waals surface area contributed by atoms with Crippen LogP contribution in [0.1, 0.15) is 26.2 Å². The second kappa shape index (κ2) is 10.1. The smallest absolute Gasteiger partial charge is 0.225 e. The number of unbranched alkanes of at least 4 members (excludes halogenated alkanes) is 1. The Morgan fingerprint density at radius 2 is 1.63 bits per heavy atom. The number of para-hydroxylation sites is 1. The molecule has 0 heterocycles. The minimum absolute atomic E-state index is 0.110. The van der Waals surface area contributed by atoms with Gasteiger partial charge in [-0.1, -0.05) is 31.5 Å². The normalized spacial score (nSPS) is 11.4. The van der Waals surface area contributed by atoms with Crippen molar-refractivity contribution in [2.75, 3.05) is 24.7 Å². The Balaban J connectivity index is 1.86. The third-order valence-corrected chi connectivity index (χ3v) is 5.24. The highest BCUT2D eigenvalue weighted by molar-refractivity contribution is 7.88. The fourth-order valence-corrected chi connectivity index (χ4v) is 3.34. The van der Waals surface area contributed by atoms with Gasteiger partial charge in [-0.3, -0.25) is 4.79 Å². The van der Waals surface area contributed by atoms with Gasteiger partial charge >= 0.3 is 0 Å². The van der Waals surface area contributed by atoms with Crippen LogP contribution >= 0.6 is 0 Å². The van der Waals surface area contributed by atoms with Crippen LogP contribution in [0.4, 0.5) is 5.69 Å². The summed E-state index contributed by atoms with van der Waals surface area (Å²) in [6.07, 6.45) is 2.96. The van der Waals surface area contributed by atoms with E-state index in [1.165, 1.54) is 10.6 Å². The van der Waals surface area contributed by atoms with E-state index >= 15 is 0 Å². The number of sulfonamides is 1. The quantitative estimate of drug-likeness (QED) is 0.668. The lowest BCUT2D eigenvalue weighted by atomic mass is 10.2. The van der Waals surface area contributed by atoms with Gasteiger partial charge in [-0.05, 0) is 42.8 Å². The maximum absolute atomic E-state index is 12.1. The van der Waals surface area contributed by atoms with Crippen LogP contribution in [0.25, 0.3) is 0 Å². The second-order valence-corrected chi connectivity index (χ2v) is 8.24. The predicted molar refractivity (Wildman–Crippen MR) is 108 cm³/mol. The predicted octanol–water partition coefficient (Wildman–Crippen LogP) is 3.87. The molecular weight excluding hydrogens is 364 g/mol. The molecule has 27 heavy (non-hydrogen) atoms. The molecular formula is C20H26N2O4S. The van der Waals surface area contributed by atoms with Gasteiger partial charge in [0.2, 0.25) is 15.9 Å². The molecule has 0 atom stereocenters. The van der Waals surface area contributed by atoms with Crippen molar-refractivity contribution in [3.8, 4) is 11.5 Å². The van der Waals surface area contributed by atoms with Crippen LogP contribution in [-0.2, 0) is 14.8 Å². The number of hydrogen-bond donors (Lipinski definition) is 1. The lowest BCUT2D eigenvalue weighted by molar-refractivity contribution is -0.116. The van der Waals surface area contributed by atoms with Gasteiger partial charge in [-0.25, -0.2) is 12.7 Å². The Hall–Kier alpha value is -2.38.